The Hall–Kier alpha value is -1.75. The average molecular weight is 266 g/mol. The second kappa shape index (κ2) is 8.37. The summed E-state index contributed by atoms with van der Waals surface area (Å²) in [6, 6.07) is 7.56. The highest BCUT2D eigenvalue weighted by Gasteiger charge is 2.04. The van der Waals surface area contributed by atoms with E-state index in [4.69, 9.17) is 9.47 Å². The molecule has 0 unspecified atom stereocenters. The number of para-hydroxylation sites is 2. The molecule has 1 aromatic rings. The molecule has 106 valence electrons. The molecule has 5 heteroatoms. The van der Waals surface area contributed by atoms with Crippen molar-refractivity contribution < 1.29 is 14.3 Å². The van der Waals surface area contributed by atoms with Gasteiger partial charge in [-0.15, -0.1) is 0 Å². The van der Waals surface area contributed by atoms with Crippen molar-refractivity contribution in [1.82, 2.24) is 10.2 Å². The summed E-state index contributed by atoms with van der Waals surface area (Å²) in [6.07, 6.45) is 0. The first-order valence-electron chi connectivity index (χ1n) is 6.40. The van der Waals surface area contributed by atoms with Crippen LogP contribution in [0.5, 0.6) is 11.5 Å². The lowest BCUT2D eigenvalue weighted by molar-refractivity contribution is -0.127. The number of benzene rings is 1. The van der Waals surface area contributed by atoms with Gasteiger partial charge in [0.1, 0.15) is 6.61 Å². The van der Waals surface area contributed by atoms with Gasteiger partial charge in [-0.1, -0.05) is 12.1 Å². The van der Waals surface area contributed by atoms with Crippen molar-refractivity contribution in [2.24, 2.45) is 0 Å². The third-order valence-corrected chi connectivity index (χ3v) is 2.46. The molecule has 1 amide bonds. The van der Waals surface area contributed by atoms with Crippen molar-refractivity contribution in [2.75, 3.05) is 40.4 Å². The molecular formula is C14H22N2O3. The number of nitrogens with one attached hydrogen (secondary N) is 1. The van der Waals surface area contributed by atoms with E-state index >= 15 is 0 Å². The summed E-state index contributed by atoms with van der Waals surface area (Å²) in [6.45, 7) is 3.97. The summed E-state index contributed by atoms with van der Waals surface area (Å²) < 4.78 is 11.1. The zero-order chi connectivity index (χ0) is 14.1. The van der Waals surface area contributed by atoms with Gasteiger partial charge in [0.2, 0.25) is 5.91 Å². The lowest BCUT2D eigenvalue weighted by Crippen LogP contribution is -2.34. The molecule has 5 nitrogen and oxygen atoms in total. The van der Waals surface area contributed by atoms with Crippen LogP contribution in [-0.2, 0) is 4.79 Å². The van der Waals surface area contributed by atoms with Crippen LogP contribution in [0.1, 0.15) is 6.92 Å². The monoisotopic (exact) mass is 266 g/mol. The first-order valence-corrected chi connectivity index (χ1v) is 6.40. The molecule has 0 heterocycles. The highest BCUT2D eigenvalue weighted by atomic mass is 16.5. The minimum atomic E-state index is 0.0507. The van der Waals surface area contributed by atoms with Crippen molar-refractivity contribution in [1.29, 1.82) is 0 Å². The lowest BCUT2D eigenvalue weighted by Gasteiger charge is -2.13. The second-order valence-electron chi connectivity index (χ2n) is 4.19. The molecule has 0 radical (unpaired) electrons. The Bertz CT molecular complexity index is 394. The predicted octanol–water partition coefficient (Wildman–Crippen LogP) is 1.14. The predicted molar refractivity (Wildman–Crippen MR) is 74.7 cm³/mol. The van der Waals surface area contributed by atoms with Crippen LogP contribution in [0.15, 0.2) is 24.3 Å². The van der Waals surface area contributed by atoms with Crippen LogP contribution in [0, 0.1) is 0 Å². The SMILES string of the molecule is CCOc1ccccc1OCCNCC(=O)N(C)C. The van der Waals surface area contributed by atoms with E-state index in [0.29, 0.717) is 26.3 Å². The van der Waals surface area contributed by atoms with Gasteiger partial charge in [-0.05, 0) is 19.1 Å². The van der Waals surface area contributed by atoms with Gasteiger partial charge in [-0.25, -0.2) is 0 Å². The fourth-order valence-electron chi connectivity index (χ4n) is 1.43. The Morgan fingerprint density at radius 3 is 2.42 bits per heavy atom. The largest absolute Gasteiger partial charge is 0.490 e. The second-order valence-corrected chi connectivity index (χ2v) is 4.19. The van der Waals surface area contributed by atoms with E-state index < -0.39 is 0 Å². The first-order chi connectivity index (χ1) is 9.15. The quantitative estimate of drug-likeness (QED) is 0.717. The maximum absolute atomic E-state index is 11.3. The maximum Gasteiger partial charge on any atom is 0.236 e. The molecule has 0 saturated carbocycles. The smallest absolute Gasteiger partial charge is 0.236 e. The number of amides is 1. The summed E-state index contributed by atoms with van der Waals surface area (Å²) in [7, 11) is 3.47. The number of rotatable bonds is 8. The topological polar surface area (TPSA) is 50.8 Å². The standard InChI is InChI=1S/C14H22N2O3/c1-4-18-12-7-5-6-8-13(12)19-10-9-15-11-14(17)16(2)3/h5-8,15H,4,9-11H2,1-3H3. The Kier molecular flexibility index (Phi) is 6.74. The van der Waals surface area contributed by atoms with E-state index in [2.05, 4.69) is 5.32 Å². The number of nitrogens with zero attached hydrogens (tertiary/aromatic N) is 1. The van der Waals surface area contributed by atoms with Gasteiger partial charge in [0.05, 0.1) is 13.2 Å². The summed E-state index contributed by atoms with van der Waals surface area (Å²) in [5, 5.41) is 3.03. The van der Waals surface area contributed by atoms with Crippen molar-refractivity contribution in [3.63, 3.8) is 0 Å². The minimum Gasteiger partial charge on any atom is -0.490 e. The molecule has 0 aliphatic heterocycles. The summed E-state index contributed by atoms with van der Waals surface area (Å²) in [5.41, 5.74) is 0. The van der Waals surface area contributed by atoms with Crippen LogP contribution in [0.25, 0.3) is 0 Å². The molecule has 0 atom stereocenters. The van der Waals surface area contributed by atoms with Crippen LogP contribution < -0.4 is 14.8 Å². The van der Waals surface area contributed by atoms with E-state index in [1.165, 1.54) is 0 Å². The van der Waals surface area contributed by atoms with Gasteiger partial charge in [0.15, 0.2) is 11.5 Å². The third kappa shape index (κ3) is 5.61. The average Bonchev–Trinajstić information content (AvgIpc) is 2.40. The van der Waals surface area contributed by atoms with Crippen LogP contribution in [0.4, 0.5) is 0 Å². The summed E-state index contributed by atoms with van der Waals surface area (Å²) in [4.78, 5) is 12.9. The van der Waals surface area contributed by atoms with Crippen molar-refractivity contribution in [3.8, 4) is 11.5 Å². The van der Waals surface area contributed by atoms with Crippen LogP contribution >= 0.6 is 0 Å². The molecule has 1 N–H and O–H groups in total. The Balaban J connectivity index is 2.28. The van der Waals surface area contributed by atoms with E-state index in [9.17, 15) is 4.79 Å². The number of likely N-dealkylation sites (N-methyl/N-ethyl adjacent to an activating group) is 1. The summed E-state index contributed by atoms with van der Waals surface area (Å²) >= 11 is 0. The third-order valence-electron chi connectivity index (χ3n) is 2.46. The van der Waals surface area contributed by atoms with Gasteiger partial charge in [0.25, 0.3) is 0 Å². The maximum atomic E-state index is 11.3. The highest BCUT2D eigenvalue weighted by molar-refractivity contribution is 5.77. The van der Waals surface area contributed by atoms with E-state index in [0.717, 1.165) is 11.5 Å². The molecule has 0 aliphatic carbocycles. The summed E-state index contributed by atoms with van der Waals surface area (Å²) in [5.74, 6) is 1.52. The number of hydrogen-bond donors (Lipinski definition) is 1. The lowest BCUT2D eigenvalue weighted by atomic mass is 10.3. The molecule has 0 fully saturated rings. The zero-order valence-electron chi connectivity index (χ0n) is 11.8. The molecule has 0 bridgehead atoms. The fourth-order valence-corrected chi connectivity index (χ4v) is 1.43. The van der Waals surface area contributed by atoms with Gasteiger partial charge in [-0.3, -0.25) is 4.79 Å². The highest BCUT2D eigenvalue weighted by Crippen LogP contribution is 2.25. The van der Waals surface area contributed by atoms with Crippen LogP contribution in [0.2, 0.25) is 0 Å². The van der Waals surface area contributed by atoms with E-state index in [1.807, 2.05) is 31.2 Å². The molecule has 19 heavy (non-hydrogen) atoms. The number of ether oxygens (including phenoxy) is 2. The van der Waals surface area contributed by atoms with Crippen molar-refractivity contribution in [3.05, 3.63) is 24.3 Å². The molecule has 1 aromatic carbocycles. The molecule has 0 saturated heterocycles. The normalized spacial score (nSPS) is 10.1. The van der Waals surface area contributed by atoms with Crippen LogP contribution in [-0.4, -0.2) is 51.2 Å². The molecule has 1 rings (SSSR count). The fraction of sp³-hybridized carbons (Fsp3) is 0.500. The Morgan fingerprint density at radius 2 is 1.84 bits per heavy atom. The zero-order valence-corrected chi connectivity index (χ0v) is 11.8. The van der Waals surface area contributed by atoms with E-state index in [-0.39, 0.29) is 5.91 Å². The molecule has 0 spiro atoms. The molecule has 0 aliphatic rings. The van der Waals surface area contributed by atoms with Crippen molar-refractivity contribution in [2.45, 2.75) is 6.92 Å². The minimum absolute atomic E-state index is 0.0507. The van der Waals surface area contributed by atoms with Crippen LogP contribution in [0.3, 0.4) is 0 Å². The molecule has 0 aromatic heterocycles. The van der Waals surface area contributed by atoms with Gasteiger partial charge < -0.3 is 19.7 Å². The van der Waals surface area contributed by atoms with Crippen molar-refractivity contribution >= 4 is 5.91 Å². The van der Waals surface area contributed by atoms with Gasteiger partial charge in [-0.2, -0.15) is 0 Å². The first kappa shape index (κ1) is 15.3. The van der Waals surface area contributed by atoms with Gasteiger partial charge >= 0.3 is 0 Å². The van der Waals surface area contributed by atoms with E-state index in [1.54, 1.807) is 19.0 Å². The Labute approximate surface area is 114 Å². The number of carbonyl (C=O) groups excluding carboxylic acids is 1. The van der Waals surface area contributed by atoms with Gasteiger partial charge in [0, 0.05) is 20.6 Å². The number of carbonyl (C=O) groups is 1. The Morgan fingerprint density at radius 1 is 1.21 bits per heavy atom. The molecular weight excluding hydrogens is 244 g/mol. The number of hydrogen-bond acceptors (Lipinski definition) is 4.